The summed E-state index contributed by atoms with van der Waals surface area (Å²) in [4.78, 5) is 12.3. The number of methoxy groups -OCH3 is 1. The number of esters is 1. The lowest BCUT2D eigenvalue weighted by atomic mass is 10.2. The zero-order valence-corrected chi connectivity index (χ0v) is 10.6. The van der Waals surface area contributed by atoms with Crippen LogP contribution in [0, 0.1) is 5.92 Å². The number of nitrogens with zero attached hydrogens (tertiary/aromatic N) is 4. The Balaban J connectivity index is 2.66. The van der Waals surface area contributed by atoms with Gasteiger partial charge in [0.05, 0.1) is 25.8 Å². The molecular formula is C8H14N4O4S. The molecule has 0 saturated carbocycles. The first-order chi connectivity index (χ1) is 7.84. The lowest BCUT2D eigenvalue weighted by Crippen LogP contribution is -2.23. The third kappa shape index (κ3) is 4.10. The molecule has 1 aromatic rings. The zero-order valence-electron chi connectivity index (χ0n) is 9.82. The third-order valence-electron chi connectivity index (χ3n) is 2.01. The minimum absolute atomic E-state index is 0.115. The van der Waals surface area contributed by atoms with Crippen molar-refractivity contribution < 1.29 is 17.9 Å². The van der Waals surface area contributed by atoms with E-state index in [1.807, 2.05) is 0 Å². The fourth-order valence-electron chi connectivity index (χ4n) is 1.29. The van der Waals surface area contributed by atoms with Crippen molar-refractivity contribution in [3.8, 4) is 0 Å². The highest BCUT2D eigenvalue weighted by atomic mass is 32.2. The van der Waals surface area contributed by atoms with E-state index in [9.17, 15) is 13.2 Å². The number of carbonyl (C=O) groups excluding carboxylic acids is 1. The summed E-state index contributed by atoms with van der Waals surface area (Å²) in [7, 11) is -0.695. The molecule has 0 N–H and O–H groups in total. The van der Waals surface area contributed by atoms with Gasteiger partial charge in [0.15, 0.2) is 15.7 Å². The van der Waals surface area contributed by atoms with E-state index in [4.69, 9.17) is 0 Å². The third-order valence-corrected chi connectivity index (χ3v) is 3.71. The average Bonchev–Trinajstić information content (AvgIpc) is 2.60. The van der Waals surface area contributed by atoms with E-state index in [-0.39, 0.29) is 17.3 Å². The summed E-state index contributed by atoms with van der Waals surface area (Å²) in [5, 5.41) is 10.9. The van der Waals surface area contributed by atoms with Gasteiger partial charge in [0.2, 0.25) is 0 Å². The van der Waals surface area contributed by atoms with E-state index >= 15 is 0 Å². The van der Waals surface area contributed by atoms with E-state index < -0.39 is 21.7 Å². The van der Waals surface area contributed by atoms with Crippen LogP contribution in [0.1, 0.15) is 12.7 Å². The molecule has 0 aliphatic rings. The zero-order chi connectivity index (χ0) is 13.1. The van der Waals surface area contributed by atoms with E-state index in [2.05, 4.69) is 20.1 Å². The van der Waals surface area contributed by atoms with Gasteiger partial charge in [0.1, 0.15) is 5.75 Å². The van der Waals surface area contributed by atoms with Crippen molar-refractivity contribution in [2.24, 2.45) is 13.0 Å². The van der Waals surface area contributed by atoms with Gasteiger partial charge >= 0.3 is 5.97 Å². The van der Waals surface area contributed by atoms with Crippen molar-refractivity contribution >= 4 is 15.8 Å². The molecule has 0 aromatic carbocycles. The molecular weight excluding hydrogens is 248 g/mol. The number of hydrogen-bond donors (Lipinski definition) is 0. The van der Waals surface area contributed by atoms with Crippen LogP contribution in [0.15, 0.2) is 0 Å². The number of hydrogen-bond acceptors (Lipinski definition) is 7. The molecule has 1 atom stereocenters. The summed E-state index contributed by atoms with van der Waals surface area (Å²) >= 11 is 0. The van der Waals surface area contributed by atoms with E-state index in [0.29, 0.717) is 0 Å². The van der Waals surface area contributed by atoms with Gasteiger partial charge in [-0.15, -0.1) is 10.2 Å². The second kappa shape index (κ2) is 5.21. The first-order valence-electron chi connectivity index (χ1n) is 4.85. The van der Waals surface area contributed by atoms with Gasteiger partial charge in [-0.25, -0.2) is 8.42 Å². The summed E-state index contributed by atoms with van der Waals surface area (Å²) in [5.74, 6) is -1.77. The highest BCUT2D eigenvalue weighted by molar-refractivity contribution is 7.90. The molecule has 1 unspecified atom stereocenters. The van der Waals surface area contributed by atoms with E-state index in [1.54, 1.807) is 7.05 Å². The number of sulfone groups is 1. The molecule has 8 nitrogen and oxygen atoms in total. The number of aromatic nitrogens is 4. The van der Waals surface area contributed by atoms with Gasteiger partial charge in [-0.05, 0) is 5.21 Å². The number of aryl methyl sites for hydroxylation is 1. The Morgan fingerprint density at radius 2 is 2.18 bits per heavy atom. The van der Waals surface area contributed by atoms with E-state index in [0.717, 1.165) is 0 Å². The molecule has 0 fully saturated rings. The Hall–Kier alpha value is -1.51. The topological polar surface area (TPSA) is 104 Å². The summed E-state index contributed by atoms with van der Waals surface area (Å²) < 4.78 is 27.9. The minimum Gasteiger partial charge on any atom is -0.469 e. The van der Waals surface area contributed by atoms with Crippen molar-refractivity contribution in [2.75, 3.05) is 12.9 Å². The van der Waals surface area contributed by atoms with Crippen LogP contribution in [0.5, 0.6) is 0 Å². The summed E-state index contributed by atoms with van der Waals surface area (Å²) in [5.41, 5.74) is 0. The second-order valence-corrected chi connectivity index (χ2v) is 5.78. The molecule has 0 bridgehead atoms. The maximum absolute atomic E-state index is 11.7. The summed E-state index contributed by atoms with van der Waals surface area (Å²) in [6.07, 6.45) is 0. The Kier molecular flexibility index (Phi) is 4.16. The van der Waals surface area contributed by atoms with Gasteiger partial charge in [-0.2, -0.15) is 4.80 Å². The summed E-state index contributed by atoms with van der Waals surface area (Å²) in [6, 6.07) is 0. The van der Waals surface area contributed by atoms with Crippen LogP contribution >= 0.6 is 0 Å². The monoisotopic (exact) mass is 262 g/mol. The molecule has 0 aliphatic carbocycles. The highest BCUT2D eigenvalue weighted by Crippen LogP contribution is 2.07. The van der Waals surface area contributed by atoms with Crippen LogP contribution in [0.4, 0.5) is 0 Å². The molecule has 1 aromatic heterocycles. The van der Waals surface area contributed by atoms with Crippen LogP contribution in [-0.4, -0.2) is 47.5 Å². The Bertz CT molecular complexity index is 495. The van der Waals surface area contributed by atoms with Crippen LogP contribution in [0.25, 0.3) is 0 Å². The fraction of sp³-hybridized carbons (Fsp3) is 0.750. The quantitative estimate of drug-likeness (QED) is 0.622. The second-order valence-electron chi connectivity index (χ2n) is 3.67. The number of ether oxygens (including phenoxy) is 1. The van der Waals surface area contributed by atoms with Crippen molar-refractivity contribution in [1.82, 2.24) is 20.2 Å². The van der Waals surface area contributed by atoms with E-state index in [1.165, 1.54) is 18.8 Å². The maximum atomic E-state index is 11.7. The molecule has 0 amide bonds. The van der Waals surface area contributed by atoms with Gasteiger partial charge in [-0.1, -0.05) is 6.92 Å². The standard InChI is InChI=1S/C8H14N4O4S/c1-6(8(13)16-3)4-17(14,15)5-7-9-11-12(2)10-7/h6H,4-5H2,1-3H3. The maximum Gasteiger partial charge on any atom is 0.309 e. The number of carbonyl (C=O) groups is 1. The molecule has 0 aliphatic heterocycles. The molecule has 1 rings (SSSR count). The van der Waals surface area contributed by atoms with Gasteiger partial charge in [-0.3, -0.25) is 4.79 Å². The SMILES string of the molecule is COC(=O)C(C)CS(=O)(=O)Cc1nnn(C)n1. The Labute approximate surface area is 98.9 Å². The molecule has 0 spiro atoms. The van der Waals surface area contributed by atoms with Crippen LogP contribution < -0.4 is 0 Å². The smallest absolute Gasteiger partial charge is 0.309 e. The van der Waals surface area contributed by atoms with Crippen molar-refractivity contribution in [1.29, 1.82) is 0 Å². The van der Waals surface area contributed by atoms with Crippen molar-refractivity contribution in [3.63, 3.8) is 0 Å². The molecule has 0 radical (unpaired) electrons. The highest BCUT2D eigenvalue weighted by Gasteiger charge is 2.23. The number of rotatable bonds is 5. The van der Waals surface area contributed by atoms with Gasteiger partial charge < -0.3 is 4.74 Å². The number of tetrazole rings is 1. The first-order valence-corrected chi connectivity index (χ1v) is 6.67. The molecule has 17 heavy (non-hydrogen) atoms. The molecule has 96 valence electrons. The average molecular weight is 262 g/mol. The summed E-state index contributed by atoms with van der Waals surface area (Å²) in [6.45, 7) is 1.49. The molecule has 0 saturated heterocycles. The normalized spacial score (nSPS) is 13.4. The molecule has 1 heterocycles. The molecule has 9 heteroatoms. The Morgan fingerprint density at radius 1 is 1.53 bits per heavy atom. The minimum atomic E-state index is -3.45. The first kappa shape index (κ1) is 13.6. The predicted molar refractivity (Wildman–Crippen MR) is 57.5 cm³/mol. The lowest BCUT2D eigenvalue weighted by molar-refractivity contribution is -0.144. The van der Waals surface area contributed by atoms with Gasteiger partial charge in [0.25, 0.3) is 0 Å². The fourth-order valence-corrected chi connectivity index (χ4v) is 2.81. The Morgan fingerprint density at radius 3 is 2.65 bits per heavy atom. The predicted octanol–water partition coefficient (Wildman–Crippen LogP) is -1.07. The van der Waals surface area contributed by atoms with Crippen molar-refractivity contribution in [3.05, 3.63) is 5.82 Å². The lowest BCUT2D eigenvalue weighted by Gasteiger charge is -2.08. The van der Waals surface area contributed by atoms with Gasteiger partial charge in [0, 0.05) is 0 Å². The largest absolute Gasteiger partial charge is 0.469 e. The van der Waals surface area contributed by atoms with Crippen LogP contribution in [-0.2, 0) is 32.2 Å². The van der Waals surface area contributed by atoms with Crippen LogP contribution in [0.3, 0.4) is 0 Å². The van der Waals surface area contributed by atoms with Crippen molar-refractivity contribution in [2.45, 2.75) is 12.7 Å². The van der Waals surface area contributed by atoms with Crippen LogP contribution in [0.2, 0.25) is 0 Å².